The summed E-state index contributed by atoms with van der Waals surface area (Å²) in [5.74, 6) is 0.497. The van der Waals surface area contributed by atoms with Gasteiger partial charge < -0.3 is 14.4 Å². The third-order valence-corrected chi connectivity index (χ3v) is 3.46. The fourth-order valence-corrected chi connectivity index (χ4v) is 2.25. The van der Waals surface area contributed by atoms with E-state index in [1.54, 1.807) is 25.3 Å². The smallest absolute Gasteiger partial charge is 0.162 e. The molecule has 0 saturated heterocycles. The van der Waals surface area contributed by atoms with Crippen LogP contribution in [0.3, 0.4) is 0 Å². The van der Waals surface area contributed by atoms with Crippen molar-refractivity contribution in [1.82, 2.24) is 4.90 Å². The molecule has 6 heteroatoms. The highest BCUT2D eigenvalue weighted by atomic mass is 35.5. The highest BCUT2D eigenvalue weighted by Gasteiger charge is 2.45. The van der Waals surface area contributed by atoms with E-state index in [-0.39, 0.29) is 18.2 Å². The number of ether oxygens (including phenoxy) is 2. The van der Waals surface area contributed by atoms with Crippen LogP contribution < -0.4 is 0 Å². The molecule has 0 aromatic carbocycles. The van der Waals surface area contributed by atoms with Crippen LogP contribution in [0.2, 0.25) is 0 Å². The highest BCUT2D eigenvalue weighted by Crippen LogP contribution is 2.34. The maximum atomic E-state index is 12.3. The Bertz CT molecular complexity index is 369. The second-order valence-electron chi connectivity index (χ2n) is 4.49. The average molecular weight is 310 g/mol. The summed E-state index contributed by atoms with van der Waals surface area (Å²) in [4.78, 5) is 13.1. The van der Waals surface area contributed by atoms with Crippen LogP contribution in [0.5, 0.6) is 0 Å². The van der Waals surface area contributed by atoms with Crippen LogP contribution in [0.4, 0.5) is 0 Å². The molecule has 110 valence electrons. The van der Waals surface area contributed by atoms with Gasteiger partial charge in [0.05, 0.1) is 7.11 Å². The van der Waals surface area contributed by atoms with Gasteiger partial charge >= 0.3 is 0 Å². The molecule has 0 amide bonds. The van der Waals surface area contributed by atoms with Crippen molar-refractivity contribution in [3.63, 3.8) is 0 Å². The minimum Gasteiger partial charge on any atom is -0.498 e. The number of allylic oxidation sites excluding steroid dienone is 2. The molecule has 0 radical (unpaired) electrons. The number of halogens is 2. The molecule has 0 aromatic heterocycles. The third-order valence-electron chi connectivity index (χ3n) is 2.92. The number of carbonyl (C=O) groups is 1. The fraction of sp³-hybridized carbons (Fsp3) is 0.615. The summed E-state index contributed by atoms with van der Waals surface area (Å²) < 4.78 is 10.5. The first-order valence-corrected chi connectivity index (χ1v) is 6.16. The Morgan fingerprint density at radius 1 is 1.47 bits per heavy atom. The van der Waals surface area contributed by atoms with Gasteiger partial charge in [0.25, 0.3) is 0 Å². The summed E-state index contributed by atoms with van der Waals surface area (Å²) in [6, 6.07) is 0. The van der Waals surface area contributed by atoms with Crippen LogP contribution >= 0.6 is 24.0 Å². The second-order valence-corrected chi connectivity index (χ2v) is 5.12. The van der Waals surface area contributed by atoms with Crippen LogP contribution in [-0.2, 0) is 14.3 Å². The van der Waals surface area contributed by atoms with Gasteiger partial charge in [-0.25, -0.2) is 0 Å². The quantitative estimate of drug-likeness (QED) is 0.704. The van der Waals surface area contributed by atoms with Crippen molar-refractivity contribution in [2.24, 2.45) is 0 Å². The van der Waals surface area contributed by atoms with E-state index in [9.17, 15) is 4.79 Å². The van der Waals surface area contributed by atoms with Gasteiger partial charge in [0.2, 0.25) is 0 Å². The van der Waals surface area contributed by atoms with Crippen LogP contribution in [0, 0.1) is 0 Å². The lowest BCUT2D eigenvalue weighted by Crippen LogP contribution is -2.47. The molecule has 1 aliphatic carbocycles. The van der Waals surface area contributed by atoms with Crippen LogP contribution in [0.25, 0.3) is 0 Å². The van der Waals surface area contributed by atoms with Gasteiger partial charge in [0.15, 0.2) is 10.7 Å². The lowest BCUT2D eigenvalue weighted by molar-refractivity contribution is -0.123. The molecule has 0 aromatic rings. The van der Waals surface area contributed by atoms with E-state index in [1.807, 2.05) is 19.0 Å². The van der Waals surface area contributed by atoms with E-state index in [0.717, 1.165) is 0 Å². The van der Waals surface area contributed by atoms with Crippen LogP contribution in [-0.4, -0.2) is 56.5 Å². The van der Waals surface area contributed by atoms with Gasteiger partial charge in [-0.05, 0) is 20.2 Å². The van der Waals surface area contributed by atoms with Crippen molar-refractivity contribution in [3.8, 4) is 0 Å². The number of carbonyl (C=O) groups excluding carboxylic acids is 1. The molecule has 2 unspecified atom stereocenters. The van der Waals surface area contributed by atoms with E-state index < -0.39 is 11.0 Å². The Morgan fingerprint density at radius 3 is 2.58 bits per heavy atom. The van der Waals surface area contributed by atoms with Gasteiger partial charge in [-0.3, -0.25) is 4.79 Å². The highest BCUT2D eigenvalue weighted by molar-refractivity contribution is 6.37. The Labute approximate surface area is 125 Å². The molecule has 2 atom stereocenters. The molecular weight excluding hydrogens is 289 g/mol. The molecule has 0 saturated carbocycles. The van der Waals surface area contributed by atoms with Crippen molar-refractivity contribution < 1.29 is 14.3 Å². The van der Waals surface area contributed by atoms with Gasteiger partial charge in [-0.2, -0.15) is 0 Å². The molecule has 4 nitrogen and oxygen atoms in total. The Kier molecular flexibility index (Phi) is 7.67. The number of hydrogen-bond donors (Lipinski definition) is 0. The first-order valence-electron chi connectivity index (χ1n) is 5.79. The molecule has 19 heavy (non-hydrogen) atoms. The lowest BCUT2D eigenvalue weighted by atomic mass is 9.89. The normalized spacial score (nSPS) is 25.8. The number of hydrogen-bond acceptors (Lipinski definition) is 4. The molecule has 0 spiro atoms. The Hall–Kier alpha value is -0.550. The first-order chi connectivity index (χ1) is 8.45. The summed E-state index contributed by atoms with van der Waals surface area (Å²) >= 11 is 6.45. The zero-order valence-corrected chi connectivity index (χ0v) is 13.3. The predicted octanol–water partition coefficient (Wildman–Crippen LogP) is 2.02. The number of alkyl halides is 1. The number of methoxy groups -OCH3 is 2. The second kappa shape index (κ2) is 7.90. The van der Waals surface area contributed by atoms with Crippen molar-refractivity contribution in [3.05, 3.63) is 24.0 Å². The average Bonchev–Trinajstić information content (AvgIpc) is 2.35. The molecule has 0 heterocycles. The zero-order chi connectivity index (χ0) is 13.8. The largest absolute Gasteiger partial charge is 0.498 e. The predicted molar refractivity (Wildman–Crippen MR) is 79.0 cm³/mol. The summed E-state index contributed by atoms with van der Waals surface area (Å²) in [6.07, 6.45) is 4.95. The summed E-state index contributed by atoms with van der Waals surface area (Å²) in [5.41, 5.74) is 0. The third kappa shape index (κ3) is 4.21. The maximum absolute atomic E-state index is 12.3. The van der Waals surface area contributed by atoms with Crippen molar-refractivity contribution in [2.45, 2.75) is 17.4 Å². The topological polar surface area (TPSA) is 38.8 Å². The van der Waals surface area contributed by atoms with Crippen molar-refractivity contribution >= 4 is 29.8 Å². The summed E-state index contributed by atoms with van der Waals surface area (Å²) in [6.45, 7) is 0.656. The molecule has 1 aliphatic rings. The maximum Gasteiger partial charge on any atom is 0.162 e. The van der Waals surface area contributed by atoms with Crippen molar-refractivity contribution in [2.75, 3.05) is 34.9 Å². The first kappa shape index (κ1) is 18.4. The Balaban J connectivity index is 0.00000324. The van der Waals surface area contributed by atoms with E-state index in [4.69, 9.17) is 21.1 Å². The van der Waals surface area contributed by atoms with E-state index in [2.05, 4.69) is 0 Å². The van der Waals surface area contributed by atoms with E-state index >= 15 is 0 Å². The minimum atomic E-state index is -1.18. The summed E-state index contributed by atoms with van der Waals surface area (Å²) in [7, 11) is 6.89. The SMILES string of the molecule is COC1=CC=CC(Cl)(C(=O)CCN(C)C)C1OC.Cl. The molecule has 0 aliphatic heterocycles. The van der Waals surface area contributed by atoms with E-state index in [1.165, 1.54) is 7.11 Å². The van der Waals surface area contributed by atoms with Crippen LogP contribution in [0.15, 0.2) is 24.0 Å². The number of Topliss-reactive ketones (excluding diaryl/α,β-unsaturated/α-hetero) is 1. The number of ketones is 1. The molecule has 0 bridgehead atoms. The van der Waals surface area contributed by atoms with E-state index in [0.29, 0.717) is 18.7 Å². The monoisotopic (exact) mass is 309 g/mol. The lowest BCUT2D eigenvalue weighted by Gasteiger charge is -2.33. The van der Waals surface area contributed by atoms with Gasteiger partial charge in [0, 0.05) is 20.1 Å². The van der Waals surface area contributed by atoms with Crippen LogP contribution in [0.1, 0.15) is 6.42 Å². The van der Waals surface area contributed by atoms with Crippen molar-refractivity contribution in [1.29, 1.82) is 0 Å². The Morgan fingerprint density at radius 2 is 2.11 bits per heavy atom. The zero-order valence-electron chi connectivity index (χ0n) is 11.7. The minimum absolute atomic E-state index is 0. The van der Waals surface area contributed by atoms with Gasteiger partial charge in [0.1, 0.15) is 11.9 Å². The summed E-state index contributed by atoms with van der Waals surface area (Å²) in [5, 5.41) is 0. The fourth-order valence-electron chi connectivity index (χ4n) is 1.88. The number of rotatable bonds is 6. The molecule has 0 fully saturated rings. The standard InChI is InChI=1S/C13H20ClNO3.ClH/c1-15(2)9-7-11(16)13(14)8-5-6-10(17-3)12(13)18-4;/h5-6,8,12H,7,9H2,1-4H3;1H. The molecule has 0 N–H and O–H groups in total. The van der Waals surface area contributed by atoms with Gasteiger partial charge in [-0.1, -0.05) is 12.2 Å². The molecule has 1 rings (SSSR count). The number of nitrogens with zero attached hydrogens (tertiary/aromatic N) is 1. The molecular formula is C13H21Cl2NO3. The van der Waals surface area contributed by atoms with Gasteiger partial charge in [-0.15, -0.1) is 24.0 Å².